The van der Waals surface area contributed by atoms with Crippen molar-refractivity contribution in [3.05, 3.63) is 89.5 Å². The maximum absolute atomic E-state index is 6.23. The Hall–Kier alpha value is -3.40. The molecule has 3 aromatic rings. The molecule has 0 unspecified atom stereocenters. The van der Waals surface area contributed by atoms with Crippen molar-refractivity contribution in [2.45, 2.75) is 12.8 Å². The Bertz CT molecular complexity index is 981. The lowest BCUT2D eigenvalue weighted by Gasteiger charge is -2.14. The molecule has 29 heavy (non-hydrogen) atoms. The number of nitrogen functional groups attached to an aromatic ring is 1. The van der Waals surface area contributed by atoms with Crippen LogP contribution in [0, 0.1) is 5.92 Å². The van der Waals surface area contributed by atoms with Crippen LogP contribution < -0.4 is 10.5 Å². The highest BCUT2D eigenvalue weighted by atomic mass is 16.5. The largest absolute Gasteiger partial charge is 0.491 e. The highest BCUT2D eigenvalue weighted by Crippen LogP contribution is 2.36. The van der Waals surface area contributed by atoms with Crippen LogP contribution in [0.4, 0.5) is 11.4 Å². The van der Waals surface area contributed by atoms with E-state index in [0.29, 0.717) is 24.0 Å². The lowest BCUT2D eigenvalue weighted by molar-refractivity contribution is 0.301. The number of benzene rings is 3. The van der Waals surface area contributed by atoms with Gasteiger partial charge in [-0.25, -0.2) is 4.99 Å². The molecule has 0 aromatic heterocycles. The molecule has 0 radical (unpaired) electrons. The van der Waals surface area contributed by atoms with E-state index < -0.39 is 0 Å². The summed E-state index contributed by atoms with van der Waals surface area (Å²) in [6.45, 7) is 0.704. The average Bonchev–Trinajstić information content (AvgIpc) is 3.59. The molecule has 0 spiro atoms. The summed E-state index contributed by atoms with van der Waals surface area (Å²) >= 11 is 0. The van der Waals surface area contributed by atoms with Gasteiger partial charge in [-0.15, -0.1) is 0 Å². The van der Waals surface area contributed by atoms with E-state index in [0.717, 1.165) is 28.1 Å². The normalized spacial score (nSPS) is 13.4. The summed E-state index contributed by atoms with van der Waals surface area (Å²) in [4.78, 5) is 9.18. The average molecular weight is 383 g/mol. The third-order valence-corrected chi connectivity index (χ3v) is 4.93. The monoisotopic (exact) mass is 383 g/mol. The minimum Gasteiger partial charge on any atom is -0.491 e. The highest BCUT2D eigenvalue weighted by Gasteiger charge is 2.23. The van der Waals surface area contributed by atoms with Crippen molar-refractivity contribution in [1.29, 1.82) is 0 Å². The molecular formula is C25H25N3O. The molecule has 0 bridgehead atoms. The predicted molar refractivity (Wildman–Crippen MR) is 121 cm³/mol. The zero-order valence-electron chi connectivity index (χ0n) is 16.6. The fourth-order valence-corrected chi connectivity index (χ4v) is 3.15. The predicted octanol–water partition coefficient (Wildman–Crippen LogP) is 5.28. The minimum atomic E-state index is 0.640. The second-order valence-corrected chi connectivity index (χ2v) is 7.28. The number of aliphatic imine (C=N–C) groups is 2. The molecule has 1 fully saturated rings. The van der Waals surface area contributed by atoms with E-state index in [9.17, 15) is 0 Å². The number of ether oxygens (including phenoxy) is 1. The molecule has 4 nitrogen and oxygen atoms in total. The quantitative estimate of drug-likeness (QED) is 0.446. The highest BCUT2D eigenvalue weighted by molar-refractivity contribution is 6.14. The molecular weight excluding hydrogens is 358 g/mol. The van der Waals surface area contributed by atoms with Gasteiger partial charge in [-0.1, -0.05) is 60.7 Å². The van der Waals surface area contributed by atoms with Gasteiger partial charge in [0.1, 0.15) is 11.4 Å². The first kappa shape index (κ1) is 18.9. The number of rotatable bonds is 7. The standard InChI is InChI=1S/C25H25N3O/c1-27-16-21-14-23(24(15-22(21)26)29-17-18-12-13-18)28-25(19-8-4-2-5-9-19)20-10-6-3-7-11-20/h2-11,14-16,18H,12-13,17,26H2,1H3. The van der Waals surface area contributed by atoms with Crippen molar-refractivity contribution in [3.63, 3.8) is 0 Å². The van der Waals surface area contributed by atoms with E-state index in [1.54, 1.807) is 13.3 Å². The van der Waals surface area contributed by atoms with Crippen LogP contribution in [-0.4, -0.2) is 25.6 Å². The number of anilines is 1. The molecule has 4 heteroatoms. The van der Waals surface area contributed by atoms with Gasteiger partial charge in [-0.3, -0.25) is 4.99 Å². The molecule has 4 rings (SSSR count). The fraction of sp³-hybridized carbons (Fsp3) is 0.200. The molecule has 0 heterocycles. The zero-order valence-corrected chi connectivity index (χ0v) is 16.6. The number of hydrogen-bond acceptors (Lipinski definition) is 4. The summed E-state index contributed by atoms with van der Waals surface area (Å²) < 4.78 is 6.12. The topological polar surface area (TPSA) is 60.0 Å². The van der Waals surface area contributed by atoms with Crippen molar-refractivity contribution < 1.29 is 4.74 Å². The van der Waals surface area contributed by atoms with Gasteiger partial charge in [-0.05, 0) is 24.8 Å². The molecule has 1 aliphatic carbocycles. The lowest BCUT2D eigenvalue weighted by Crippen LogP contribution is -2.05. The SMILES string of the molecule is CN=Cc1cc(N=C(c2ccccc2)c2ccccc2)c(OCC2CC2)cc1N. The molecule has 3 aromatic carbocycles. The van der Waals surface area contributed by atoms with Gasteiger partial charge in [0, 0.05) is 41.7 Å². The summed E-state index contributed by atoms with van der Waals surface area (Å²) in [7, 11) is 1.74. The van der Waals surface area contributed by atoms with Crippen LogP contribution in [0.3, 0.4) is 0 Å². The first-order chi connectivity index (χ1) is 14.2. The summed E-state index contributed by atoms with van der Waals surface area (Å²) in [5.74, 6) is 1.36. The van der Waals surface area contributed by atoms with E-state index in [4.69, 9.17) is 15.5 Å². The molecule has 0 atom stereocenters. The molecule has 0 saturated heterocycles. The minimum absolute atomic E-state index is 0.640. The van der Waals surface area contributed by atoms with Crippen LogP contribution in [0.5, 0.6) is 5.75 Å². The van der Waals surface area contributed by atoms with Crippen LogP contribution in [-0.2, 0) is 0 Å². The van der Waals surface area contributed by atoms with Crippen LogP contribution in [0.1, 0.15) is 29.5 Å². The Balaban J connectivity index is 1.84. The summed E-state index contributed by atoms with van der Waals surface area (Å²) in [6.07, 6.45) is 4.21. The summed E-state index contributed by atoms with van der Waals surface area (Å²) in [6, 6.07) is 24.2. The first-order valence-corrected chi connectivity index (χ1v) is 9.92. The molecule has 146 valence electrons. The van der Waals surface area contributed by atoms with Gasteiger partial charge in [0.2, 0.25) is 0 Å². The van der Waals surface area contributed by atoms with E-state index >= 15 is 0 Å². The number of nitrogens with zero attached hydrogens (tertiary/aromatic N) is 2. The van der Waals surface area contributed by atoms with Gasteiger partial charge in [0.15, 0.2) is 0 Å². The second-order valence-electron chi connectivity index (χ2n) is 7.28. The molecule has 1 saturated carbocycles. The van der Waals surface area contributed by atoms with Gasteiger partial charge < -0.3 is 10.5 Å². The van der Waals surface area contributed by atoms with Gasteiger partial charge in [0.25, 0.3) is 0 Å². The number of nitrogens with two attached hydrogens (primary N) is 1. The van der Waals surface area contributed by atoms with Crippen LogP contribution in [0.15, 0.2) is 82.8 Å². The van der Waals surface area contributed by atoms with Crippen LogP contribution >= 0.6 is 0 Å². The van der Waals surface area contributed by atoms with E-state index in [1.165, 1.54) is 12.8 Å². The van der Waals surface area contributed by atoms with Gasteiger partial charge in [-0.2, -0.15) is 0 Å². The molecule has 1 aliphatic rings. The molecule has 0 aliphatic heterocycles. The van der Waals surface area contributed by atoms with Crippen molar-refractivity contribution in [3.8, 4) is 5.75 Å². The summed E-state index contributed by atoms with van der Waals surface area (Å²) in [5.41, 5.74) is 11.5. The van der Waals surface area contributed by atoms with Crippen LogP contribution in [0.25, 0.3) is 0 Å². The third-order valence-electron chi connectivity index (χ3n) is 4.93. The van der Waals surface area contributed by atoms with Crippen molar-refractivity contribution in [2.24, 2.45) is 15.9 Å². The van der Waals surface area contributed by atoms with E-state index in [-0.39, 0.29) is 0 Å². The zero-order chi connectivity index (χ0) is 20.1. The van der Waals surface area contributed by atoms with Crippen molar-refractivity contribution in [2.75, 3.05) is 19.4 Å². The molecule has 0 amide bonds. The van der Waals surface area contributed by atoms with E-state index in [1.807, 2.05) is 48.5 Å². The van der Waals surface area contributed by atoms with Gasteiger partial charge in [0.05, 0.1) is 12.3 Å². The molecule has 2 N–H and O–H groups in total. The summed E-state index contributed by atoms with van der Waals surface area (Å²) in [5, 5.41) is 0. The lowest BCUT2D eigenvalue weighted by atomic mass is 10.0. The fourth-order valence-electron chi connectivity index (χ4n) is 3.15. The first-order valence-electron chi connectivity index (χ1n) is 9.92. The van der Waals surface area contributed by atoms with E-state index in [2.05, 4.69) is 29.3 Å². The Morgan fingerprint density at radius 3 is 2.17 bits per heavy atom. The van der Waals surface area contributed by atoms with Crippen molar-refractivity contribution in [1.82, 2.24) is 0 Å². The Morgan fingerprint density at radius 2 is 1.62 bits per heavy atom. The second kappa shape index (κ2) is 8.74. The van der Waals surface area contributed by atoms with Gasteiger partial charge >= 0.3 is 0 Å². The Morgan fingerprint density at radius 1 is 1.00 bits per heavy atom. The maximum Gasteiger partial charge on any atom is 0.147 e. The van der Waals surface area contributed by atoms with Crippen molar-refractivity contribution >= 4 is 23.3 Å². The smallest absolute Gasteiger partial charge is 0.147 e. The number of hydrogen-bond donors (Lipinski definition) is 1. The van der Waals surface area contributed by atoms with Crippen LogP contribution in [0.2, 0.25) is 0 Å². The Kier molecular flexibility index (Phi) is 5.71. The maximum atomic E-state index is 6.23. The third kappa shape index (κ3) is 4.72. The Labute approximate surface area is 171 Å².